The first kappa shape index (κ1) is 19.0. The summed E-state index contributed by atoms with van der Waals surface area (Å²) in [5, 5.41) is 0.783. The fourth-order valence-corrected chi connectivity index (χ4v) is 3.81. The third-order valence-corrected chi connectivity index (χ3v) is 5.41. The van der Waals surface area contributed by atoms with Gasteiger partial charge in [0.25, 0.3) is 0 Å². The summed E-state index contributed by atoms with van der Waals surface area (Å²) in [5.74, 6) is 0. The standard InChI is InChI=1S/C20H19F3N4S/c1-28-19-24-11-14-12-26(9-7-18(14)25-19)13-17-6-3-8-27(17)16-5-2-4-15(10-16)20(21,22)23/h2-6,8,10-11H,7,9,12-13H2,1H3. The van der Waals surface area contributed by atoms with E-state index in [9.17, 15) is 13.2 Å². The molecule has 4 nitrogen and oxygen atoms in total. The summed E-state index contributed by atoms with van der Waals surface area (Å²) in [4.78, 5) is 11.2. The monoisotopic (exact) mass is 404 g/mol. The molecule has 0 unspecified atom stereocenters. The van der Waals surface area contributed by atoms with Gasteiger partial charge in [0.2, 0.25) is 0 Å². The molecule has 4 rings (SSSR count). The Morgan fingerprint density at radius 1 is 1.18 bits per heavy atom. The van der Waals surface area contributed by atoms with Crippen LogP contribution in [0.5, 0.6) is 0 Å². The van der Waals surface area contributed by atoms with Crippen LogP contribution in [0.3, 0.4) is 0 Å². The molecule has 0 aliphatic carbocycles. The van der Waals surface area contributed by atoms with E-state index >= 15 is 0 Å². The minimum absolute atomic E-state index is 0.514. The highest BCUT2D eigenvalue weighted by molar-refractivity contribution is 7.98. The summed E-state index contributed by atoms with van der Waals surface area (Å²) in [6, 6.07) is 9.23. The van der Waals surface area contributed by atoms with Gasteiger partial charge < -0.3 is 4.57 Å². The molecule has 0 N–H and O–H groups in total. The lowest BCUT2D eigenvalue weighted by molar-refractivity contribution is -0.137. The zero-order valence-electron chi connectivity index (χ0n) is 15.3. The summed E-state index contributed by atoms with van der Waals surface area (Å²) in [7, 11) is 0. The molecule has 1 aromatic carbocycles. The minimum Gasteiger partial charge on any atom is -0.320 e. The molecule has 0 spiro atoms. The molecule has 8 heteroatoms. The summed E-state index contributed by atoms with van der Waals surface area (Å²) < 4.78 is 41.0. The van der Waals surface area contributed by atoms with Crippen molar-refractivity contribution < 1.29 is 13.2 Å². The number of hydrogen-bond donors (Lipinski definition) is 0. The Morgan fingerprint density at radius 2 is 2.04 bits per heavy atom. The van der Waals surface area contributed by atoms with Crippen molar-refractivity contribution >= 4 is 11.8 Å². The molecule has 1 aliphatic heterocycles. The molecule has 3 aromatic rings. The van der Waals surface area contributed by atoms with Gasteiger partial charge in [0, 0.05) is 55.4 Å². The van der Waals surface area contributed by atoms with Crippen molar-refractivity contribution in [2.45, 2.75) is 30.8 Å². The van der Waals surface area contributed by atoms with E-state index in [1.807, 2.05) is 29.2 Å². The van der Waals surface area contributed by atoms with E-state index in [1.165, 1.54) is 23.9 Å². The van der Waals surface area contributed by atoms with Gasteiger partial charge in [0.1, 0.15) is 0 Å². The van der Waals surface area contributed by atoms with Crippen molar-refractivity contribution in [3.05, 3.63) is 71.3 Å². The first-order valence-corrected chi connectivity index (χ1v) is 10.1. The molecule has 2 aromatic heterocycles. The van der Waals surface area contributed by atoms with Crippen LogP contribution < -0.4 is 0 Å². The number of nitrogens with zero attached hydrogens (tertiary/aromatic N) is 4. The SMILES string of the molecule is CSc1ncc2c(n1)CCN(Cc1cccn1-c1cccc(C(F)(F)F)c1)C2. The van der Waals surface area contributed by atoms with E-state index in [-0.39, 0.29) is 0 Å². The van der Waals surface area contributed by atoms with Crippen LogP contribution in [0.4, 0.5) is 13.2 Å². The molecule has 0 amide bonds. The Morgan fingerprint density at radius 3 is 2.82 bits per heavy atom. The Hall–Kier alpha value is -2.32. The Bertz CT molecular complexity index is 984. The van der Waals surface area contributed by atoms with Gasteiger partial charge in [-0.3, -0.25) is 4.90 Å². The van der Waals surface area contributed by atoms with Crippen molar-refractivity contribution in [2.75, 3.05) is 12.8 Å². The lowest BCUT2D eigenvalue weighted by Crippen LogP contribution is -2.31. The maximum atomic E-state index is 13.0. The van der Waals surface area contributed by atoms with Crippen LogP contribution in [0.2, 0.25) is 0 Å². The molecule has 0 radical (unpaired) electrons. The van der Waals surface area contributed by atoms with Gasteiger partial charge in [0.05, 0.1) is 11.3 Å². The van der Waals surface area contributed by atoms with Gasteiger partial charge >= 0.3 is 6.18 Å². The lowest BCUT2D eigenvalue weighted by Gasteiger charge is -2.28. The highest BCUT2D eigenvalue weighted by Gasteiger charge is 2.30. The fraction of sp³-hybridized carbons (Fsp3) is 0.300. The number of aromatic nitrogens is 3. The quantitative estimate of drug-likeness (QED) is 0.471. The van der Waals surface area contributed by atoms with Crippen LogP contribution in [0, 0.1) is 0 Å². The Labute approximate surface area is 165 Å². The van der Waals surface area contributed by atoms with E-state index < -0.39 is 11.7 Å². The molecule has 0 atom stereocenters. The maximum absolute atomic E-state index is 13.0. The smallest absolute Gasteiger partial charge is 0.320 e. The van der Waals surface area contributed by atoms with E-state index in [4.69, 9.17) is 0 Å². The number of halogens is 3. The predicted octanol–water partition coefficient (Wildman–Crippen LogP) is 4.57. The zero-order chi connectivity index (χ0) is 19.7. The van der Waals surface area contributed by atoms with Gasteiger partial charge in [-0.2, -0.15) is 13.2 Å². The normalized spacial score (nSPS) is 14.9. The van der Waals surface area contributed by atoms with Crippen molar-refractivity contribution in [3.63, 3.8) is 0 Å². The third-order valence-electron chi connectivity index (χ3n) is 4.84. The highest BCUT2D eigenvalue weighted by atomic mass is 32.2. The highest BCUT2D eigenvalue weighted by Crippen LogP contribution is 2.31. The van der Waals surface area contributed by atoms with Gasteiger partial charge in [0.15, 0.2) is 5.16 Å². The number of benzene rings is 1. The van der Waals surface area contributed by atoms with E-state index in [1.54, 1.807) is 12.3 Å². The molecule has 146 valence electrons. The molecule has 0 bridgehead atoms. The molecule has 28 heavy (non-hydrogen) atoms. The van der Waals surface area contributed by atoms with Gasteiger partial charge in [-0.1, -0.05) is 17.8 Å². The zero-order valence-corrected chi connectivity index (χ0v) is 16.1. The molecule has 1 aliphatic rings. The summed E-state index contributed by atoms with van der Waals surface area (Å²) in [6.07, 6.45) is 2.13. The van der Waals surface area contributed by atoms with E-state index in [0.29, 0.717) is 12.2 Å². The van der Waals surface area contributed by atoms with Gasteiger partial charge in [-0.25, -0.2) is 9.97 Å². The van der Waals surface area contributed by atoms with Gasteiger partial charge in [-0.05, 0) is 36.6 Å². The average molecular weight is 404 g/mol. The van der Waals surface area contributed by atoms with E-state index in [0.717, 1.165) is 47.7 Å². The fourth-order valence-electron chi connectivity index (χ4n) is 3.45. The largest absolute Gasteiger partial charge is 0.416 e. The molecule has 0 saturated carbocycles. The van der Waals surface area contributed by atoms with Crippen LogP contribution >= 0.6 is 11.8 Å². The number of rotatable bonds is 4. The van der Waals surface area contributed by atoms with Crippen LogP contribution in [-0.2, 0) is 25.7 Å². The van der Waals surface area contributed by atoms with E-state index in [2.05, 4.69) is 14.9 Å². The van der Waals surface area contributed by atoms with Crippen LogP contribution in [0.15, 0.2) is 53.9 Å². The van der Waals surface area contributed by atoms with Gasteiger partial charge in [-0.15, -0.1) is 0 Å². The molecule has 0 fully saturated rings. The van der Waals surface area contributed by atoms with Crippen molar-refractivity contribution in [1.29, 1.82) is 0 Å². The summed E-state index contributed by atoms with van der Waals surface area (Å²) in [5.41, 5.74) is 3.02. The van der Waals surface area contributed by atoms with Crippen LogP contribution in [0.1, 0.15) is 22.5 Å². The molecular formula is C20H19F3N4S. The summed E-state index contributed by atoms with van der Waals surface area (Å²) in [6.45, 7) is 2.23. The number of fused-ring (bicyclic) bond motifs is 1. The second-order valence-corrected chi connectivity index (χ2v) is 7.48. The maximum Gasteiger partial charge on any atom is 0.416 e. The second-order valence-electron chi connectivity index (χ2n) is 6.71. The number of alkyl halides is 3. The van der Waals surface area contributed by atoms with Crippen molar-refractivity contribution in [2.24, 2.45) is 0 Å². The first-order chi connectivity index (χ1) is 13.4. The number of hydrogen-bond acceptors (Lipinski definition) is 4. The predicted molar refractivity (Wildman–Crippen MR) is 102 cm³/mol. The van der Waals surface area contributed by atoms with Crippen LogP contribution in [0.25, 0.3) is 5.69 Å². The Kier molecular flexibility index (Phi) is 5.16. The van der Waals surface area contributed by atoms with Crippen molar-refractivity contribution in [1.82, 2.24) is 19.4 Å². The summed E-state index contributed by atoms with van der Waals surface area (Å²) >= 11 is 1.53. The minimum atomic E-state index is -4.35. The molecular weight excluding hydrogens is 385 g/mol. The topological polar surface area (TPSA) is 34.0 Å². The Balaban J connectivity index is 1.54. The van der Waals surface area contributed by atoms with Crippen molar-refractivity contribution in [3.8, 4) is 5.69 Å². The lowest BCUT2D eigenvalue weighted by atomic mass is 10.1. The van der Waals surface area contributed by atoms with Crippen LogP contribution in [-0.4, -0.2) is 32.2 Å². The average Bonchev–Trinajstić information content (AvgIpc) is 3.15. The first-order valence-electron chi connectivity index (χ1n) is 8.89. The second kappa shape index (κ2) is 7.60. The number of thioether (sulfide) groups is 1. The molecule has 3 heterocycles. The third kappa shape index (κ3) is 3.93. The molecule has 0 saturated heterocycles.